The quantitative estimate of drug-likeness (QED) is 0.319. The molecule has 2 N–H and O–H groups in total. The molecule has 1 unspecified atom stereocenters. The molecule has 2 aromatic carbocycles. The predicted octanol–water partition coefficient (Wildman–Crippen LogP) is 5.41. The predicted molar refractivity (Wildman–Crippen MR) is 135 cm³/mol. The van der Waals surface area contributed by atoms with Crippen LogP contribution in [0.15, 0.2) is 48.5 Å². The number of amides is 1. The van der Waals surface area contributed by atoms with Crippen molar-refractivity contribution >= 4 is 30.4 Å². The number of fused-ring (bicyclic) bond motifs is 2. The zero-order valence-electron chi connectivity index (χ0n) is 19.4. The van der Waals surface area contributed by atoms with Crippen LogP contribution in [0.2, 0.25) is 0 Å². The summed E-state index contributed by atoms with van der Waals surface area (Å²) in [4.78, 5) is 12.5. The molecule has 0 fully saturated rings. The average molecular weight is 471 g/mol. The van der Waals surface area contributed by atoms with Gasteiger partial charge in [0.2, 0.25) is 0 Å². The Balaban J connectivity index is 1.38. The molecule has 1 aliphatic carbocycles. The Morgan fingerprint density at radius 2 is 1.67 bits per heavy atom. The number of benzene rings is 2. The molecular weight excluding hydrogens is 436 g/mol. The Bertz CT molecular complexity index is 903. The minimum absolute atomic E-state index is 0.369. The summed E-state index contributed by atoms with van der Waals surface area (Å²) in [6.07, 6.45) is 5.03. The van der Waals surface area contributed by atoms with Crippen molar-refractivity contribution in [2.75, 3.05) is 33.0 Å². The monoisotopic (exact) mass is 470 g/mol. The molecule has 3 rings (SSSR count). The molecule has 0 aromatic heterocycles. The van der Waals surface area contributed by atoms with Gasteiger partial charge in [0, 0.05) is 37.3 Å². The summed E-state index contributed by atoms with van der Waals surface area (Å²) in [7, 11) is 0. The van der Waals surface area contributed by atoms with Crippen LogP contribution in [-0.2, 0) is 20.6 Å². The van der Waals surface area contributed by atoms with Crippen molar-refractivity contribution in [1.29, 1.82) is 0 Å². The fraction of sp³-hybridized carbons (Fsp3) is 0.423. The number of hydrogen-bond donors (Lipinski definition) is 2. The number of hydrogen-bond acceptors (Lipinski definition) is 6. The Hall–Kier alpha value is -2.32. The second kappa shape index (κ2) is 14.1. The molecule has 0 radical (unpaired) electrons. The van der Waals surface area contributed by atoms with Gasteiger partial charge in [-0.25, -0.2) is 9.52 Å². The van der Waals surface area contributed by atoms with Gasteiger partial charge in [0.1, 0.15) is 6.10 Å². The van der Waals surface area contributed by atoms with Gasteiger partial charge in [0.25, 0.3) is 0 Å². The molecule has 0 heterocycles. The van der Waals surface area contributed by atoms with Gasteiger partial charge in [-0.1, -0.05) is 74.5 Å². The third kappa shape index (κ3) is 8.85. The van der Waals surface area contributed by atoms with E-state index in [0.29, 0.717) is 38.7 Å². The van der Waals surface area contributed by atoms with Gasteiger partial charge in [-0.2, -0.15) is 0 Å². The first-order valence-electron chi connectivity index (χ1n) is 11.5. The summed E-state index contributed by atoms with van der Waals surface area (Å²) in [6, 6.07) is 16.2. The molecule has 178 valence electrons. The van der Waals surface area contributed by atoms with E-state index >= 15 is 0 Å². The second-order valence-corrected chi connectivity index (χ2v) is 8.96. The zero-order valence-corrected chi connectivity index (χ0v) is 20.2. The van der Waals surface area contributed by atoms with E-state index in [1.54, 1.807) is 0 Å². The van der Waals surface area contributed by atoms with Crippen LogP contribution < -0.4 is 9.44 Å². The Morgan fingerprint density at radius 1 is 0.970 bits per heavy atom. The molecule has 0 bridgehead atoms. The summed E-state index contributed by atoms with van der Waals surface area (Å²) in [5.74, 6) is 0.654. The molecule has 2 aromatic rings. The minimum Gasteiger partial charge on any atom is -0.440 e. The van der Waals surface area contributed by atoms with Crippen LogP contribution in [0.3, 0.4) is 0 Å². The summed E-state index contributed by atoms with van der Waals surface area (Å²) >= 11 is 1.10. The van der Waals surface area contributed by atoms with E-state index in [1.807, 2.05) is 36.4 Å². The topological polar surface area (TPSA) is 68.8 Å². The SMILES string of the molecule is CC(C)CCOCCOCCNSNC(=O)OC1Cc2ccccc2/C=C\c2ccccc21. The lowest BCUT2D eigenvalue weighted by atomic mass is 9.91. The highest BCUT2D eigenvalue weighted by atomic mass is 32.2. The number of nitrogens with one attached hydrogen (secondary N) is 2. The van der Waals surface area contributed by atoms with Crippen LogP contribution in [0.1, 0.15) is 48.6 Å². The van der Waals surface area contributed by atoms with Crippen LogP contribution in [0.5, 0.6) is 0 Å². The van der Waals surface area contributed by atoms with Crippen LogP contribution >= 0.6 is 12.1 Å². The fourth-order valence-corrected chi connectivity index (χ4v) is 3.86. The summed E-state index contributed by atoms with van der Waals surface area (Å²) in [6.45, 7) is 7.44. The molecule has 0 saturated heterocycles. The Labute approximate surface area is 201 Å². The van der Waals surface area contributed by atoms with Gasteiger partial charge in [-0.3, -0.25) is 4.72 Å². The first-order valence-corrected chi connectivity index (χ1v) is 12.3. The highest BCUT2D eigenvalue weighted by Crippen LogP contribution is 2.31. The molecule has 1 atom stereocenters. The maximum absolute atomic E-state index is 12.5. The lowest BCUT2D eigenvalue weighted by molar-refractivity contribution is 0.0462. The summed E-state index contributed by atoms with van der Waals surface area (Å²) in [5, 5.41) is 0. The van der Waals surface area contributed by atoms with Gasteiger partial charge < -0.3 is 14.2 Å². The van der Waals surface area contributed by atoms with Crippen LogP contribution in [-0.4, -0.2) is 39.1 Å². The average Bonchev–Trinajstić information content (AvgIpc) is 2.80. The first-order chi connectivity index (χ1) is 16.1. The molecule has 0 aliphatic heterocycles. The van der Waals surface area contributed by atoms with Crippen LogP contribution in [0, 0.1) is 5.92 Å². The van der Waals surface area contributed by atoms with Crippen molar-refractivity contribution in [1.82, 2.24) is 9.44 Å². The van der Waals surface area contributed by atoms with Crippen LogP contribution in [0.25, 0.3) is 12.2 Å². The van der Waals surface area contributed by atoms with Crippen molar-refractivity contribution in [3.8, 4) is 0 Å². The van der Waals surface area contributed by atoms with Gasteiger partial charge in [-0.05, 0) is 29.0 Å². The molecule has 33 heavy (non-hydrogen) atoms. The summed E-state index contributed by atoms with van der Waals surface area (Å²) in [5.41, 5.74) is 4.35. The summed E-state index contributed by atoms with van der Waals surface area (Å²) < 4.78 is 22.6. The van der Waals surface area contributed by atoms with Crippen molar-refractivity contribution in [2.24, 2.45) is 5.92 Å². The lowest BCUT2D eigenvalue weighted by Crippen LogP contribution is -2.26. The highest BCUT2D eigenvalue weighted by Gasteiger charge is 2.22. The van der Waals surface area contributed by atoms with E-state index in [0.717, 1.165) is 47.4 Å². The van der Waals surface area contributed by atoms with E-state index in [1.165, 1.54) is 0 Å². The molecular formula is C26H34N2O4S. The third-order valence-electron chi connectivity index (χ3n) is 5.26. The first kappa shape index (κ1) is 25.3. The Morgan fingerprint density at radius 3 is 2.48 bits per heavy atom. The van der Waals surface area contributed by atoms with E-state index in [9.17, 15) is 4.79 Å². The lowest BCUT2D eigenvalue weighted by Gasteiger charge is -2.23. The third-order valence-corrected chi connectivity index (χ3v) is 5.88. The van der Waals surface area contributed by atoms with E-state index in [-0.39, 0.29) is 6.10 Å². The van der Waals surface area contributed by atoms with Crippen molar-refractivity contribution < 1.29 is 19.0 Å². The standard InChI is InChI=1S/C26H34N2O4S/c1-20(2)13-15-30-17-18-31-16-14-27-33-28-26(29)32-25-19-23-9-4-3-7-21(23)11-12-22-8-5-6-10-24(22)25/h3-12,20,25,27H,13-19H2,1-2H3,(H,28,29)/b12-11-. The molecule has 0 saturated carbocycles. The van der Waals surface area contributed by atoms with E-state index in [4.69, 9.17) is 14.2 Å². The minimum atomic E-state index is -0.478. The normalized spacial score (nSPS) is 15.8. The van der Waals surface area contributed by atoms with Crippen molar-refractivity contribution in [3.05, 3.63) is 70.8 Å². The smallest absolute Gasteiger partial charge is 0.418 e. The fourth-order valence-electron chi connectivity index (χ4n) is 3.47. The number of carbonyl (C=O) groups is 1. The number of rotatable bonds is 12. The molecule has 0 spiro atoms. The second-order valence-electron chi connectivity index (χ2n) is 8.26. The van der Waals surface area contributed by atoms with Gasteiger partial charge in [0.15, 0.2) is 0 Å². The van der Waals surface area contributed by atoms with Crippen molar-refractivity contribution in [2.45, 2.75) is 32.8 Å². The highest BCUT2D eigenvalue weighted by molar-refractivity contribution is 7.96. The van der Waals surface area contributed by atoms with E-state index in [2.05, 4.69) is 47.6 Å². The maximum atomic E-state index is 12.5. The van der Waals surface area contributed by atoms with Gasteiger partial charge in [0.05, 0.1) is 19.8 Å². The molecule has 6 nitrogen and oxygen atoms in total. The maximum Gasteiger partial charge on any atom is 0.418 e. The number of carbonyl (C=O) groups excluding carboxylic acids is 1. The van der Waals surface area contributed by atoms with Gasteiger partial charge >= 0.3 is 6.09 Å². The molecule has 7 heteroatoms. The number of ether oxygens (including phenoxy) is 3. The molecule has 1 aliphatic rings. The van der Waals surface area contributed by atoms with Crippen LogP contribution in [0.4, 0.5) is 4.79 Å². The van der Waals surface area contributed by atoms with Crippen molar-refractivity contribution in [3.63, 3.8) is 0 Å². The largest absolute Gasteiger partial charge is 0.440 e. The Kier molecular flexibility index (Phi) is 10.8. The zero-order chi connectivity index (χ0) is 23.3. The van der Waals surface area contributed by atoms with Gasteiger partial charge in [-0.15, -0.1) is 0 Å². The molecule has 1 amide bonds. The van der Waals surface area contributed by atoms with E-state index < -0.39 is 6.09 Å².